The summed E-state index contributed by atoms with van der Waals surface area (Å²) in [6.45, 7) is 7.30. The first kappa shape index (κ1) is 14.8. The zero-order valence-electron chi connectivity index (χ0n) is 11.5. The first-order chi connectivity index (χ1) is 8.36. The smallest absolute Gasteiger partial charge is 0.407 e. The molecular weight excluding hydrogens is 230 g/mol. The van der Waals surface area contributed by atoms with E-state index in [1.54, 1.807) is 4.90 Å². The van der Waals surface area contributed by atoms with Crippen LogP contribution in [-0.2, 0) is 4.74 Å². The first-order valence-corrected chi connectivity index (χ1v) is 6.41. The average Bonchev–Trinajstić information content (AvgIpc) is 2.28. The summed E-state index contributed by atoms with van der Waals surface area (Å²) in [6.07, 6.45) is 6.59. The highest BCUT2D eigenvalue weighted by molar-refractivity contribution is 5.65. The predicted molar refractivity (Wildman–Crippen MR) is 70.4 cm³/mol. The third kappa shape index (κ3) is 3.92. The molecule has 1 fully saturated rings. The number of piperidine rings is 1. The first-order valence-electron chi connectivity index (χ1n) is 6.41. The largest absolute Gasteiger partial charge is 0.465 e. The van der Waals surface area contributed by atoms with Crippen molar-refractivity contribution < 1.29 is 14.6 Å². The van der Waals surface area contributed by atoms with Crippen LogP contribution in [-0.4, -0.2) is 41.4 Å². The van der Waals surface area contributed by atoms with Gasteiger partial charge >= 0.3 is 6.09 Å². The number of nitrogens with zero attached hydrogens (tertiary/aromatic N) is 1. The Labute approximate surface area is 109 Å². The molecule has 0 saturated carbocycles. The molecular formula is C14H23NO3. The lowest BCUT2D eigenvalue weighted by molar-refractivity contribution is -0.0329. The number of terminal acetylenes is 1. The number of hydrogen-bond donors (Lipinski definition) is 1. The summed E-state index contributed by atoms with van der Waals surface area (Å²) in [5, 5.41) is 9.23. The van der Waals surface area contributed by atoms with Gasteiger partial charge in [0.25, 0.3) is 0 Å². The van der Waals surface area contributed by atoms with Crippen molar-refractivity contribution in [3.8, 4) is 12.3 Å². The van der Waals surface area contributed by atoms with E-state index in [1.165, 1.54) is 0 Å². The summed E-state index contributed by atoms with van der Waals surface area (Å²) in [5.74, 6) is 2.55. The lowest BCUT2D eigenvalue weighted by Crippen LogP contribution is -2.53. The van der Waals surface area contributed by atoms with E-state index in [9.17, 15) is 9.90 Å². The van der Waals surface area contributed by atoms with Crippen LogP contribution in [0.3, 0.4) is 0 Å². The third-order valence-electron chi connectivity index (χ3n) is 3.40. The standard InChI is InChI=1S/C14H23NO3/c1-5-6-9-18-11-7-8-15(13(16)17)12(10-11)14(2,3)4/h1,11-12H,6-10H2,2-4H3,(H,16,17). The maximum Gasteiger partial charge on any atom is 0.407 e. The molecule has 0 spiro atoms. The van der Waals surface area contributed by atoms with Crippen molar-refractivity contribution >= 4 is 6.09 Å². The minimum absolute atomic E-state index is 0.000384. The number of ether oxygens (including phenoxy) is 1. The Balaban J connectivity index is 2.63. The van der Waals surface area contributed by atoms with E-state index in [2.05, 4.69) is 26.7 Å². The molecule has 2 atom stereocenters. The molecule has 1 saturated heterocycles. The van der Waals surface area contributed by atoms with Crippen LogP contribution in [0, 0.1) is 17.8 Å². The number of likely N-dealkylation sites (tertiary alicyclic amines) is 1. The van der Waals surface area contributed by atoms with Crippen molar-refractivity contribution in [1.29, 1.82) is 0 Å². The zero-order chi connectivity index (χ0) is 13.8. The summed E-state index contributed by atoms with van der Waals surface area (Å²) in [7, 11) is 0. The van der Waals surface area contributed by atoms with Crippen LogP contribution in [0.5, 0.6) is 0 Å². The van der Waals surface area contributed by atoms with E-state index in [-0.39, 0.29) is 17.6 Å². The molecule has 0 radical (unpaired) electrons. The third-order valence-corrected chi connectivity index (χ3v) is 3.40. The Morgan fingerprint density at radius 3 is 2.72 bits per heavy atom. The lowest BCUT2D eigenvalue weighted by atomic mass is 9.80. The topological polar surface area (TPSA) is 49.8 Å². The fraction of sp³-hybridized carbons (Fsp3) is 0.786. The van der Waals surface area contributed by atoms with E-state index >= 15 is 0 Å². The highest BCUT2D eigenvalue weighted by Crippen LogP contribution is 2.33. The minimum atomic E-state index is -0.836. The molecule has 1 rings (SSSR count). The summed E-state index contributed by atoms with van der Waals surface area (Å²) in [4.78, 5) is 12.8. The number of rotatable bonds is 3. The Hall–Kier alpha value is -1.21. The van der Waals surface area contributed by atoms with Gasteiger partial charge < -0.3 is 14.7 Å². The van der Waals surface area contributed by atoms with Gasteiger partial charge in [-0.3, -0.25) is 0 Å². The van der Waals surface area contributed by atoms with Gasteiger partial charge in [-0.1, -0.05) is 20.8 Å². The zero-order valence-corrected chi connectivity index (χ0v) is 11.5. The normalized spacial score (nSPS) is 24.7. The molecule has 1 N–H and O–H groups in total. The number of carbonyl (C=O) groups is 1. The van der Waals surface area contributed by atoms with E-state index in [1.807, 2.05) is 0 Å². The van der Waals surface area contributed by atoms with E-state index in [4.69, 9.17) is 11.2 Å². The van der Waals surface area contributed by atoms with Crippen LogP contribution in [0.25, 0.3) is 0 Å². The molecule has 0 aliphatic carbocycles. The fourth-order valence-corrected chi connectivity index (χ4v) is 2.42. The molecule has 1 aliphatic rings. The second-order valence-corrected chi connectivity index (χ2v) is 5.83. The van der Waals surface area contributed by atoms with E-state index in [0.717, 1.165) is 12.8 Å². The monoisotopic (exact) mass is 253 g/mol. The van der Waals surface area contributed by atoms with Gasteiger partial charge in [0.15, 0.2) is 0 Å². The van der Waals surface area contributed by atoms with Gasteiger partial charge in [0, 0.05) is 19.0 Å². The molecule has 1 heterocycles. The molecule has 0 aromatic carbocycles. The second-order valence-electron chi connectivity index (χ2n) is 5.83. The van der Waals surface area contributed by atoms with Crippen molar-refractivity contribution in [1.82, 2.24) is 4.90 Å². The van der Waals surface area contributed by atoms with E-state index < -0.39 is 6.09 Å². The molecule has 0 aromatic rings. The summed E-state index contributed by atoms with van der Waals surface area (Å²) >= 11 is 0. The minimum Gasteiger partial charge on any atom is -0.465 e. The van der Waals surface area contributed by atoms with Crippen molar-refractivity contribution in [2.45, 2.75) is 52.2 Å². The van der Waals surface area contributed by atoms with Crippen LogP contribution >= 0.6 is 0 Å². The fourth-order valence-electron chi connectivity index (χ4n) is 2.42. The van der Waals surface area contributed by atoms with Crippen LogP contribution in [0.1, 0.15) is 40.0 Å². The molecule has 0 aromatic heterocycles. The van der Waals surface area contributed by atoms with Crippen LogP contribution in [0.2, 0.25) is 0 Å². The number of hydrogen-bond acceptors (Lipinski definition) is 2. The van der Waals surface area contributed by atoms with Crippen molar-refractivity contribution in [2.75, 3.05) is 13.2 Å². The molecule has 1 aliphatic heterocycles. The lowest BCUT2D eigenvalue weighted by Gasteiger charge is -2.44. The molecule has 0 bridgehead atoms. The molecule has 102 valence electrons. The quantitative estimate of drug-likeness (QED) is 0.621. The Morgan fingerprint density at radius 2 is 2.22 bits per heavy atom. The van der Waals surface area contributed by atoms with Gasteiger partial charge in [0.1, 0.15) is 0 Å². The number of carboxylic acid groups (broad SMARTS) is 1. The van der Waals surface area contributed by atoms with Gasteiger partial charge in [-0.15, -0.1) is 12.3 Å². The Morgan fingerprint density at radius 1 is 1.56 bits per heavy atom. The molecule has 2 unspecified atom stereocenters. The predicted octanol–water partition coefficient (Wildman–Crippen LogP) is 2.58. The van der Waals surface area contributed by atoms with Crippen LogP contribution in [0.15, 0.2) is 0 Å². The van der Waals surface area contributed by atoms with Gasteiger partial charge in [-0.2, -0.15) is 0 Å². The van der Waals surface area contributed by atoms with Crippen LogP contribution < -0.4 is 0 Å². The molecule has 4 nitrogen and oxygen atoms in total. The van der Waals surface area contributed by atoms with Crippen molar-refractivity contribution in [2.24, 2.45) is 5.41 Å². The Bertz CT molecular complexity index is 327. The number of amides is 1. The van der Waals surface area contributed by atoms with Crippen LogP contribution in [0.4, 0.5) is 4.79 Å². The van der Waals surface area contributed by atoms with Gasteiger partial charge in [-0.05, 0) is 18.3 Å². The van der Waals surface area contributed by atoms with E-state index in [0.29, 0.717) is 19.6 Å². The van der Waals surface area contributed by atoms with Gasteiger partial charge in [0.2, 0.25) is 0 Å². The maximum atomic E-state index is 11.2. The highest BCUT2D eigenvalue weighted by Gasteiger charge is 2.38. The average molecular weight is 253 g/mol. The van der Waals surface area contributed by atoms with Crippen molar-refractivity contribution in [3.05, 3.63) is 0 Å². The van der Waals surface area contributed by atoms with Crippen molar-refractivity contribution in [3.63, 3.8) is 0 Å². The Kier molecular flexibility index (Phi) is 5.03. The van der Waals surface area contributed by atoms with Gasteiger partial charge in [-0.25, -0.2) is 4.79 Å². The molecule has 18 heavy (non-hydrogen) atoms. The summed E-state index contributed by atoms with van der Waals surface area (Å²) in [5.41, 5.74) is -0.0768. The van der Waals surface area contributed by atoms with Gasteiger partial charge in [0.05, 0.1) is 12.7 Å². The second kappa shape index (κ2) is 6.10. The SMILES string of the molecule is C#CCCOC1CCN(C(=O)O)C(C(C)(C)C)C1. The highest BCUT2D eigenvalue weighted by atomic mass is 16.5. The summed E-state index contributed by atoms with van der Waals surface area (Å²) < 4.78 is 5.71. The summed E-state index contributed by atoms with van der Waals surface area (Å²) in [6, 6.07) is -0.000384. The molecule has 1 amide bonds. The molecule has 4 heteroatoms. The maximum absolute atomic E-state index is 11.2.